The van der Waals surface area contributed by atoms with Crippen LogP contribution in [0.3, 0.4) is 0 Å². The van der Waals surface area contributed by atoms with E-state index in [2.05, 4.69) is 29.1 Å². The van der Waals surface area contributed by atoms with Crippen molar-refractivity contribution in [2.75, 3.05) is 6.54 Å². The Hall–Kier alpha value is -3.59. The summed E-state index contributed by atoms with van der Waals surface area (Å²) in [5.74, 6) is 0.789. The number of carbonyl (C=O) groups excluding carboxylic acids is 1. The summed E-state index contributed by atoms with van der Waals surface area (Å²) >= 11 is 1.62. The Labute approximate surface area is 194 Å². The molecule has 0 aromatic carbocycles. The predicted octanol–water partition coefficient (Wildman–Crippen LogP) is 4.76. The van der Waals surface area contributed by atoms with Crippen LogP contribution >= 0.6 is 11.3 Å². The molecule has 8 nitrogen and oxygen atoms in total. The maximum Gasteiger partial charge on any atom is 0.255 e. The number of rotatable bonds is 4. The van der Waals surface area contributed by atoms with Gasteiger partial charge in [0.15, 0.2) is 17.1 Å². The second kappa shape index (κ2) is 7.77. The van der Waals surface area contributed by atoms with Crippen molar-refractivity contribution < 1.29 is 4.79 Å². The molecule has 0 aliphatic carbocycles. The van der Waals surface area contributed by atoms with Gasteiger partial charge in [0.2, 0.25) is 0 Å². The first-order valence-corrected chi connectivity index (χ1v) is 12.0. The second-order valence-electron chi connectivity index (χ2n) is 8.60. The molecule has 6 heterocycles. The molecule has 1 unspecified atom stereocenters. The van der Waals surface area contributed by atoms with Crippen molar-refractivity contribution in [3.8, 4) is 10.6 Å². The normalized spacial score (nSPS) is 16.5. The Balaban J connectivity index is 1.47. The fourth-order valence-corrected chi connectivity index (χ4v) is 5.33. The van der Waals surface area contributed by atoms with Crippen molar-refractivity contribution in [2.24, 2.45) is 0 Å². The van der Waals surface area contributed by atoms with Crippen LogP contribution < -0.4 is 0 Å². The van der Waals surface area contributed by atoms with Gasteiger partial charge < -0.3 is 4.90 Å². The average Bonchev–Trinajstić information content (AvgIpc) is 3.62. The molecule has 166 valence electrons. The van der Waals surface area contributed by atoms with Gasteiger partial charge in [0.1, 0.15) is 0 Å². The Morgan fingerprint density at radius 1 is 1.18 bits per heavy atom. The standard InChI is InChI=1S/C24H23N7OS/c1-15(2)31-22-17(14-25-31)16(13-18(26-22)20-8-6-12-33-20)24(32)29-11-5-7-19(29)23-28-27-21-9-3-4-10-30(21)23/h3-4,6,8-10,12-15,19H,5,7,11H2,1-2H3. The number of carbonyl (C=O) groups is 1. The molecule has 0 saturated carbocycles. The predicted molar refractivity (Wildman–Crippen MR) is 127 cm³/mol. The lowest BCUT2D eigenvalue weighted by molar-refractivity contribution is 0.0731. The van der Waals surface area contributed by atoms with Crippen LogP contribution in [0, 0.1) is 0 Å². The van der Waals surface area contributed by atoms with E-state index in [9.17, 15) is 4.79 Å². The van der Waals surface area contributed by atoms with Crippen LogP contribution in [0.4, 0.5) is 0 Å². The first-order valence-electron chi connectivity index (χ1n) is 11.1. The Morgan fingerprint density at radius 2 is 2.09 bits per heavy atom. The van der Waals surface area contributed by atoms with Gasteiger partial charge in [-0.25, -0.2) is 9.67 Å². The lowest BCUT2D eigenvalue weighted by atomic mass is 10.1. The highest BCUT2D eigenvalue weighted by molar-refractivity contribution is 7.13. The molecule has 0 spiro atoms. The smallest absolute Gasteiger partial charge is 0.255 e. The monoisotopic (exact) mass is 457 g/mol. The molecule has 0 radical (unpaired) electrons. The fraction of sp³-hybridized carbons (Fsp3) is 0.292. The van der Waals surface area contributed by atoms with Gasteiger partial charge in [-0.15, -0.1) is 21.5 Å². The molecular formula is C24H23N7OS. The highest BCUT2D eigenvalue weighted by Crippen LogP contribution is 2.35. The van der Waals surface area contributed by atoms with Crippen molar-refractivity contribution >= 4 is 33.9 Å². The number of aromatic nitrogens is 6. The Bertz CT molecular complexity index is 1470. The average molecular weight is 458 g/mol. The van der Waals surface area contributed by atoms with Crippen molar-refractivity contribution in [3.63, 3.8) is 0 Å². The van der Waals surface area contributed by atoms with Gasteiger partial charge in [-0.1, -0.05) is 12.1 Å². The number of fused-ring (bicyclic) bond motifs is 2. The van der Waals surface area contributed by atoms with Crippen molar-refractivity contribution in [2.45, 2.75) is 38.8 Å². The molecule has 0 N–H and O–H groups in total. The molecule has 1 fully saturated rings. The van der Waals surface area contributed by atoms with Gasteiger partial charge in [0, 0.05) is 18.8 Å². The SMILES string of the molecule is CC(C)n1ncc2c(C(=O)N3CCCC3c3nnc4ccccn34)cc(-c3cccs3)nc21. The summed E-state index contributed by atoms with van der Waals surface area (Å²) in [5, 5.41) is 16.1. The van der Waals surface area contributed by atoms with Gasteiger partial charge in [-0.2, -0.15) is 5.10 Å². The van der Waals surface area contributed by atoms with Crippen LogP contribution in [0.2, 0.25) is 0 Å². The molecule has 5 aromatic heterocycles. The first kappa shape index (κ1) is 20.0. The molecule has 0 bridgehead atoms. The van der Waals surface area contributed by atoms with E-state index in [-0.39, 0.29) is 18.0 Å². The van der Waals surface area contributed by atoms with Gasteiger partial charge in [-0.05, 0) is 56.3 Å². The fourth-order valence-electron chi connectivity index (χ4n) is 4.64. The van der Waals surface area contributed by atoms with Crippen molar-refractivity contribution in [3.05, 3.63) is 65.6 Å². The maximum absolute atomic E-state index is 14.0. The number of pyridine rings is 2. The van der Waals surface area contributed by atoms with Crippen LogP contribution in [-0.4, -0.2) is 46.7 Å². The van der Waals surface area contributed by atoms with E-state index in [1.54, 1.807) is 17.5 Å². The molecule has 33 heavy (non-hydrogen) atoms. The minimum Gasteiger partial charge on any atom is -0.328 e. The number of nitrogens with zero attached hydrogens (tertiary/aromatic N) is 7. The van der Waals surface area contributed by atoms with Gasteiger partial charge in [0.05, 0.1) is 33.8 Å². The van der Waals surface area contributed by atoms with Gasteiger partial charge >= 0.3 is 0 Å². The third-order valence-corrected chi connectivity index (χ3v) is 7.10. The van der Waals surface area contributed by atoms with E-state index in [1.165, 1.54) is 0 Å². The van der Waals surface area contributed by atoms with Gasteiger partial charge in [-0.3, -0.25) is 9.20 Å². The number of hydrogen-bond acceptors (Lipinski definition) is 6. The quantitative estimate of drug-likeness (QED) is 0.389. The molecule has 5 aromatic rings. The molecule has 1 aliphatic heterocycles. The zero-order chi connectivity index (χ0) is 22.5. The molecule has 6 rings (SSSR count). The lowest BCUT2D eigenvalue weighted by Gasteiger charge is -2.24. The van der Waals surface area contributed by atoms with E-state index in [0.29, 0.717) is 12.1 Å². The number of thiophene rings is 1. The summed E-state index contributed by atoms with van der Waals surface area (Å²) in [6.07, 6.45) is 5.51. The Kier molecular flexibility index (Phi) is 4.72. The molecular weight excluding hydrogens is 434 g/mol. The lowest BCUT2D eigenvalue weighted by Crippen LogP contribution is -2.31. The number of amides is 1. The minimum absolute atomic E-state index is 0.0151. The van der Waals surface area contributed by atoms with E-state index < -0.39 is 0 Å². The zero-order valence-electron chi connectivity index (χ0n) is 18.4. The van der Waals surface area contributed by atoms with E-state index in [1.807, 2.05) is 62.0 Å². The van der Waals surface area contributed by atoms with Crippen molar-refractivity contribution in [1.82, 2.24) is 34.3 Å². The summed E-state index contributed by atoms with van der Waals surface area (Å²) in [7, 11) is 0. The highest BCUT2D eigenvalue weighted by atomic mass is 32.1. The van der Waals surface area contributed by atoms with Crippen LogP contribution in [-0.2, 0) is 0 Å². The summed E-state index contributed by atoms with van der Waals surface area (Å²) in [4.78, 5) is 21.9. The summed E-state index contributed by atoms with van der Waals surface area (Å²) in [5.41, 5.74) is 2.96. The Morgan fingerprint density at radius 3 is 2.91 bits per heavy atom. The van der Waals surface area contributed by atoms with Crippen LogP contribution in [0.15, 0.2) is 54.2 Å². The van der Waals surface area contributed by atoms with Crippen LogP contribution in [0.1, 0.15) is 55.0 Å². The molecule has 1 atom stereocenters. The van der Waals surface area contributed by atoms with Crippen LogP contribution in [0.25, 0.3) is 27.3 Å². The van der Waals surface area contributed by atoms with Crippen LogP contribution in [0.5, 0.6) is 0 Å². The van der Waals surface area contributed by atoms with E-state index >= 15 is 0 Å². The number of hydrogen-bond donors (Lipinski definition) is 0. The topological polar surface area (TPSA) is 81.2 Å². The zero-order valence-corrected chi connectivity index (χ0v) is 19.2. The van der Waals surface area contributed by atoms with Gasteiger partial charge in [0.25, 0.3) is 5.91 Å². The highest BCUT2D eigenvalue weighted by Gasteiger charge is 2.35. The summed E-state index contributed by atoms with van der Waals surface area (Å²) in [6, 6.07) is 11.8. The third-order valence-electron chi connectivity index (χ3n) is 6.21. The minimum atomic E-state index is -0.122. The molecule has 1 aliphatic rings. The molecule has 1 amide bonds. The maximum atomic E-state index is 14.0. The summed E-state index contributed by atoms with van der Waals surface area (Å²) in [6.45, 7) is 4.82. The largest absolute Gasteiger partial charge is 0.328 e. The number of likely N-dealkylation sites (tertiary alicyclic amines) is 1. The summed E-state index contributed by atoms with van der Waals surface area (Å²) < 4.78 is 3.86. The van der Waals surface area contributed by atoms with E-state index in [4.69, 9.17) is 4.98 Å². The first-order chi connectivity index (χ1) is 16.1. The third kappa shape index (κ3) is 3.22. The molecule has 1 saturated heterocycles. The second-order valence-corrected chi connectivity index (χ2v) is 9.54. The van der Waals surface area contributed by atoms with E-state index in [0.717, 1.165) is 45.9 Å². The molecule has 9 heteroatoms. The van der Waals surface area contributed by atoms with Crippen molar-refractivity contribution in [1.29, 1.82) is 0 Å².